The quantitative estimate of drug-likeness (QED) is 0.663. The number of carbonyl (C=O) groups excluding carboxylic acids is 1. The average molecular weight is 368 g/mol. The van der Waals surface area contributed by atoms with E-state index in [0.717, 1.165) is 12.1 Å². The van der Waals surface area contributed by atoms with Crippen molar-refractivity contribution in [1.82, 2.24) is 15.2 Å². The minimum Gasteiger partial charge on any atom is -0.366 e. The van der Waals surface area contributed by atoms with Gasteiger partial charge in [-0.05, 0) is 0 Å². The third-order valence-electron chi connectivity index (χ3n) is 3.00. The number of ketones is 1. The van der Waals surface area contributed by atoms with Crippen LogP contribution < -0.4 is 5.73 Å². The first-order valence-electron chi connectivity index (χ1n) is 6.32. The van der Waals surface area contributed by atoms with Gasteiger partial charge in [-0.2, -0.15) is 30.7 Å². The summed E-state index contributed by atoms with van der Waals surface area (Å²) < 4.78 is 91.5. The van der Waals surface area contributed by atoms with E-state index in [1.54, 1.807) is 0 Å². The lowest BCUT2D eigenvalue weighted by Crippen LogP contribution is -2.51. The first-order chi connectivity index (χ1) is 11.4. The van der Waals surface area contributed by atoms with Crippen LogP contribution in [0.4, 0.5) is 36.7 Å². The summed E-state index contributed by atoms with van der Waals surface area (Å²) in [7, 11) is 0. The average Bonchev–Trinajstić information content (AvgIpc) is 2.53. The van der Waals surface area contributed by atoms with Crippen LogP contribution in [0.3, 0.4) is 0 Å². The van der Waals surface area contributed by atoms with Gasteiger partial charge < -0.3 is 5.73 Å². The summed E-state index contributed by atoms with van der Waals surface area (Å²) in [5, 5.41) is 5.93. The molecule has 1 aromatic heterocycles. The van der Waals surface area contributed by atoms with E-state index >= 15 is 0 Å². The number of anilines is 1. The maximum absolute atomic E-state index is 13.9. The molecule has 0 aliphatic heterocycles. The van der Waals surface area contributed by atoms with Gasteiger partial charge in [0.05, 0.1) is 0 Å². The van der Waals surface area contributed by atoms with Crippen LogP contribution in [0, 0.1) is 0 Å². The molecule has 2 N–H and O–H groups in total. The van der Waals surface area contributed by atoms with Gasteiger partial charge >= 0.3 is 18.0 Å². The minimum atomic E-state index is -6.61. The zero-order chi connectivity index (χ0) is 19.0. The second-order valence-electron chi connectivity index (χ2n) is 4.71. The molecule has 1 aromatic carbocycles. The number of nitrogens with two attached hydrogens (primary N) is 1. The van der Waals surface area contributed by atoms with Crippen LogP contribution in [0.1, 0.15) is 21.7 Å². The Hall–Kier alpha value is -2.79. The summed E-state index contributed by atoms with van der Waals surface area (Å²) >= 11 is 0. The Balaban J connectivity index is 2.66. The molecule has 12 heteroatoms. The van der Waals surface area contributed by atoms with Crippen LogP contribution in [0.2, 0.25) is 0 Å². The van der Waals surface area contributed by atoms with Gasteiger partial charge in [-0.25, -0.2) is 4.98 Å². The molecular weight excluding hydrogens is 361 g/mol. The smallest absolute Gasteiger partial charge is 0.366 e. The zero-order valence-corrected chi connectivity index (χ0v) is 11.9. The number of rotatable bonds is 4. The van der Waals surface area contributed by atoms with E-state index in [1.807, 2.05) is 0 Å². The first kappa shape index (κ1) is 18.5. The van der Waals surface area contributed by atoms with Gasteiger partial charge in [0, 0.05) is 5.56 Å². The Morgan fingerprint density at radius 2 is 1.48 bits per heavy atom. The number of benzene rings is 1. The number of hydrogen-bond donors (Lipinski definition) is 1. The van der Waals surface area contributed by atoms with Gasteiger partial charge in [0.15, 0.2) is 11.4 Å². The number of hydrogen-bond acceptors (Lipinski definition) is 5. The lowest BCUT2D eigenvalue weighted by molar-refractivity contribution is -0.360. The number of aromatic nitrogens is 3. The highest BCUT2D eigenvalue weighted by Crippen LogP contribution is 2.51. The number of alkyl halides is 7. The summed E-state index contributed by atoms with van der Waals surface area (Å²) in [5.41, 5.74) is 0.989. The van der Waals surface area contributed by atoms with Gasteiger partial charge in [-0.15, -0.1) is 10.2 Å². The summed E-state index contributed by atoms with van der Waals surface area (Å²) in [6.07, 6.45) is -6.61. The molecule has 1 heterocycles. The number of halogens is 7. The first-order valence-corrected chi connectivity index (χ1v) is 6.32. The van der Waals surface area contributed by atoms with E-state index < -0.39 is 41.1 Å². The van der Waals surface area contributed by atoms with Gasteiger partial charge in [0.2, 0.25) is 11.7 Å². The molecule has 25 heavy (non-hydrogen) atoms. The number of carbonyl (C=O) groups is 1. The highest BCUT2D eigenvalue weighted by atomic mass is 19.4. The van der Waals surface area contributed by atoms with Crippen LogP contribution in [0.15, 0.2) is 30.3 Å². The van der Waals surface area contributed by atoms with Crippen molar-refractivity contribution in [3.8, 4) is 0 Å². The van der Waals surface area contributed by atoms with Crippen LogP contribution in [-0.2, 0) is 5.92 Å². The van der Waals surface area contributed by atoms with E-state index in [-0.39, 0.29) is 5.56 Å². The third kappa shape index (κ3) is 3.10. The molecule has 0 aliphatic rings. The second kappa shape index (κ2) is 5.93. The van der Waals surface area contributed by atoms with E-state index in [9.17, 15) is 35.5 Å². The van der Waals surface area contributed by atoms with Crippen LogP contribution in [0.25, 0.3) is 0 Å². The molecule has 0 fully saturated rings. The SMILES string of the molecule is Nc1nnc(C(=O)c2ccccc2)c(C(F)(F)C(F)(F)C(F)(F)F)n1. The molecule has 0 radical (unpaired) electrons. The molecule has 0 saturated carbocycles. The van der Waals surface area contributed by atoms with Crippen LogP contribution in [0.5, 0.6) is 0 Å². The van der Waals surface area contributed by atoms with E-state index in [4.69, 9.17) is 5.73 Å². The van der Waals surface area contributed by atoms with Crippen molar-refractivity contribution in [3.05, 3.63) is 47.3 Å². The Morgan fingerprint density at radius 1 is 0.920 bits per heavy atom. The molecule has 0 saturated heterocycles. The lowest BCUT2D eigenvalue weighted by atomic mass is 10.0. The lowest BCUT2D eigenvalue weighted by Gasteiger charge is -2.28. The molecule has 0 spiro atoms. The molecule has 2 aromatic rings. The van der Waals surface area contributed by atoms with Crippen molar-refractivity contribution in [2.75, 3.05) is 5.73 Å². The Morgan fingerprint density at radius 3 is 2.00 bits per heavy atom. The fourth-order valence-electron chi connectivity index (χ4n) is 1.76. The maximum Gasteiger partial charge on any atom is 0.460 e. The van der Waals surface area contributed by atoms with Crippen molar-refractivity contribution >= 4 is 11.7 Å². The molecule has 134 valence electrons. The highest BCUT2D eigenvalue weighted by molar-refractivity contribution is 6.08. The summed E-state index contributed by atoms with van der Waals surface area (Å²) in [4.78, 5) is 14.9. The van der Waals surface area contributed by atoms with Crippen molar-refractivity contribution in [1.29, 1.82) is 0 Å². The molecule has 5 nitrogen and oxygen atoms in total. The second-order valence-corrected chi connectivity index (χ2v) is 4.71. The molecular formula is C13H7F7N4O. The van der Waals surface area contributed by atoms with Crippen LogP contribution in [-0.4, -0.2) is 33.1 Å². The zero-order valence-electron chi connectivity index (χ0n) is 11.9. The van der Waals surface area contributed by atoms with E-state index in [0.29, 0.717) is 0 Å². The predicted molar refractivity (Wildman–Crippen MR) is 69.0 cm³/mol. The topological polar surface area (TPSA) is 81.8 Å². The molecule has 0 aliphatic carbocycles. The van der Waals surface area contributed by atoms with E-state index in [1.165, 1.54) is 18.2 Å². The van der Waals surface area contributed by atoms with Gasteiger partial charge in [0.25, 0.3) is 0 Å². The number of nitrogens with zero attached hydrogens (tertiary/aromatic N) is 3. The van der Waals surface area contributed by atoms with E-state index in [2.05, 4.69) is 15.2 Å². The van der Waals surface area contributed by atoms with Crippen molar-refractivity contribution in [2.24, 2.45) is 0 Å². The number of nitrogen functional groups attached to an aromatic ring is 1. The van der Waals surface area contributed by atoms with Gasteiger partial charge in [0.1, 0.15) is 0 Å². The summed E-state index contributed by atoms with van der Waals surface area (Å²) in [6, 6.07) is 6.31. The third-order valence-corrected chi connectivity index (χ3v) is 3.00. The molecule has 2 rings (SSSR count). The monoisotopic (exact) mass is 368 g/mol. The van der Waals surface area contributed by atoms with Gasteiger partial charge in [-0.1, -0.05) is 30.3 Å². The fraction of sp³-hybridized carbons (Fsp3) is 0.231. The predicted octanol–water partition coefficient (Wildman–Crippen LogP) is 2.97. The van der Waals surface area contributed by atoms with Crippen LogP contribution >= 0.6 is 0 Å². The summed E-state index contributed by atoms with van der Waals surface area (Å²) in [6.45, 7) is 0. The van der Waals surface area contributed by atoms with Crippen molar-refractivity contribution < 1.29 is 35.5 Å². The summed E-state index contributed by atoms with van der Waals surface area (Å²) in [5.74, 6) is -14.9. The maximum atomic E-state index is 13.9. The minimum absolute atomic E-state index is 0.296. The fourth-order valence-corrected chi connectivity index (χ4v) is 1.76. The van der Waals surface area contributed by atoms with Crippen molar-refractivity contribution in [3.63, 3.8) is 0 Å². The van der Waals surface area contributed by atoms with Crippen molar-refractivity contribution in [2.45, 2.75) is 18.0 Å². The molecule has 0 unspecified atom stereocenters. The Labute approximate surface area is 134 Å². The standard InChI is InChI=1S/C13H7F7N4O/c14-11(15,12(16,17)13(18,19)20)9-7(23-24-10(21)22-9)8(25)6-4-2-1-3-5-6/h1-5H,(H2,21,22,24). The Bertz CT molecular complexity index is 793. The molecule has 0 atom stereocenters. The molecule has 0 amide bonds. The normalized spacial score (nSPS) is 12.9. The Kier molecular flexibility index (Phi) is 4.40. The highest BCUT2D eigenvalue weighted by Gasteiger charge is 2.75. The largest absolute Gasteiger partial charge is 0.460 e. The molecule has 0 bridgehead atoms. The van der Waals surface area contributed by atoms with Gasteiger partial charge in [-0.3, -0.25) is 4.79 Å².